The molecule has 0 unspecified atom stereocenters. The van der Waals surface area contributed by atoms with Crippen LogP contribution in [-0.2, 0) is 4.74 Å². The van der Waals surface area contributed by atoms with Gasteiger partial charge in [-0.05, 0) is 19.1 Å². The molecule has 0 spiro atoms. The van der Waals surface area contributed by atoms with E-state index in [1.807, 2.05) is 0 Å². The van der Waals surface area contributed by atoms with E-state index >= 15 is 0 Å². The number of carbonyl (C=O) groups is 1. The third-order valence-electron chi connectivity index (χ3n) is 2.68. The van der Waals surface area contributed by atoms with Crippen molar-refractivity contribution in [3.05, 3.63) is 45.9 Å². The standard InChI is InChI=1S/C13H11N3O3/c1-2-19-13(18)10-9-5-3-4-6-16(9)12(17)8(7-14)11(10)15/h3-6H,2,15H2,1H3. The Bertz CT molecular complexity index is 756. The first-order chi connectivity index (χ1) is 9.11. The summed E-state index contributed by atoms with van der Waals surface area (Å²) in [6.45, 7) is 1.84. The first-order valence-electron chi connectivity index (χ1n) is 5.61. The Morgan fingerprint density at radius 1 is 1.53 bits per heavy atom. The van der Waals surface area contributed by atoms with Crippen molar-refractivity contribution in [3.8, 4) is 6.07 Å². The molecule has 6 heteroatoms. The van der Waals surface area contributed by atoms with Crippen LogP contribution < -0.4 is 11.3 Å². The molecule has 0 aliphatic carbocycles. The third-order valence-corrected chi connectivity index (χ3v) is 2.68. The second-order valence-corrected chi connectivity index (χ2v) is 3.76. The van der Waals surface area contributed by atoms with Crippen molar-refractivity contribution < 1.29 is 9.53 Å². The zero-order valence-electron chi connectivity index (χ0n) is 10.2. The number of esters is 1. The topological polar surface area (TPSA) is 97.6 Å². The molecule has 2 heterocycles. The number of fused-ring (bicyclic) bond motifs is 1. The number of nitrogens with two attached hydrogens (primary N) is 1. The second-order valence-electron chi connectivity index (χ2n) is 3.76. The van der Waals surface area contributed by atoms with E-state index in [0.717, 1.165) is 0 Å². The van der Waals surface area contributed by atoms with Gasteiger partial charge in [-0.25, -0.2) is 4.79 Å². The van der Waals surface area contributed by atoms with Gasteiger partial charge in [-0.1, -0.05) is 6.07 Å². The van der Waals surface area contributed by atoms with Gasteiger partial charge in [0.1, 0.15) is 17.2 Å². The van der Waals surface area contributed by atoms with Gasteiger partial charge < -0.3 is 10.5 Å². The van der Waals surface area contributed by atoms with Crippen LogP contribution in [0.5, 0.6) is 0 Å². The summed E-state index contributed by atoms with van der Waals surface area (Å²) in [6.07, 6.45) is 1.47. The minimum Gasteiger partial charge on any atom is -0.462 e. The lowest BCUT2D eigenvalue weighted by molar-refractivity contribution is 0.0529. The van der Waals surface area contributed by atoms with Crippen LogP contribution in [-0.4, -0.2) is 17.0 Å². The van der Waals surface area contributed by atoms with Gasteiger partial charge in [-0.3, -0.25) is 9.20 Å². The minimum atomic E-state index is -0.653. The number of anilines is 1. The number of hydrogen-bond acceptors (Lipinski definition) is 5. The molecule has 0 bridgehead atoms. The van der Waals surface area contributed by atoms with Crippen molar-refractivity contribution in [2.45, 2.75) is 6.92 Å². The highest BCUT2D eigenvalue weighted by atomic mass is 16.5. The van der Waals surface area contributed by atoms with Crippen molar-refractivity contribution >= 4 is 17.2 Å². The van der Waals surface area contributed by atoms with Crippen LogP contribution >= 0.6 is 0 Å². The van der Waals surface area contributed by atoms with E-state index < -0.39 is 11.5 Å². The smallest absolute Gasteiger partial charge is 0.342 e. The van der Waals surface area contributed by atoms with E-state index in [9.17, 15) is 9.59 Å². The van der Waals surface area contributed by atoms with Crippen molar-refractivity contribution in [2.24, 2.45) is 0 Å². The fourth-order valence-corrected chi connectivity index (χ4v) is 1.85. The number of nitrogen functional groups attached to an aromatic ring is 1. The summed E-state index contributed by atoms with van der Waals surface area (Å²) in [7, 11) is 0. The largest absolute Gasteiger partial charge is 0.462 e. The molecule has 0 saturated carbocycles. The minimum absolute atomic E-state index is 0.0404. The Hall–Kier alpha value is -2.81. The van der Waals surface area contributed by atoms with Gasteiger partial charge >= 0.3 is 5.97 Å². The highest BCUT2D eigenvalue weighted by Gasteiger charge is 2.21. The van der Waals surface area contributed by atoms with Gasteiger partial charge in [-0.15, -0.1) is 0 Å². The first kappa shape index (κ1) is 12.6. The molecule has 0 aliphatic rings. The zero-order chi connectivity index (χ0) is 14.0. The normalized spacial score (nSPS) is 10.1. The lowest BCUT2D eigenvalue weighted by atomic mass is 10.1. The number of rotatable bonds is 2. The zero-order valence-corrected chi connectivity index (χ0v) is 10.2. The van der Waals surface area contributed by atoms with Crippen molar-refractivity contribution in [1.82, 2.24) is 4.40 Å². The average Bonchev–Trinajstić information content (AvgIpc) is 2.40. The predicted octanol–water partition coefficient (Wildman–Crippen LogP) is 0.930. The molecule has 0 amide bonds. The summed E-state index contributed by atoms with van der Waals surface area (Å²) < 4.78 is 6.12. The van der Waals surface area contributed by atoms with Crippen LogP contribution in [0.2, 0.25) is 0 Å². The number of pyridine rings is 2. The summed E-state index contributed by atoms with van der Waals surface area (Å²) in [4.78, 5) is 24.0. The molecule has 2 aromatic rings. The summed E-state index contributed by atoms with van der Waals surface area (Å²) >= 11 is 0. The predicted molar refractivity (Wildman–Crippen MR) is 68.8 cm³/mol. The summed E-state index contributed by atoms with van der Waals surface area (Å²) in [5.74, 6) is -0.653. The molecule has 2 aromatic heterocycles. The molecular weight excluding hydrogens is 246 g/mol. The highest BCUT2D eigenvalue weighted by molar-refractivity contribution is 6.03. The van der Waals surface area contributed by atoms with Crippen molar-refractivity contribution in [2.75, 3.05) is 12.3 Å². The number of aromatic nitrogens is 1. The van der Waals surface area contributed by atoms with Crippen molar-refractivity contribution in [1.29, 1.82) is 5.26 Å². The molecule has 2 rings (SSSR count). The maximum Gasteiger partial charge on any atom is 0.342 e. The van der Waals surface area contributed by atoms with E-state index in [0.29, 0.717) is 5.52 Å². The third kappa shape index (κ3) is 1.91. The molecule has 96 valence electrons. The maximum atomic E-state index is 12.0. The summed E-state index contributed by atoms with van der Waals surface area (Å²) in [5.41, 5.74) is 5.17. The summed E-state index contributed by atoms with van der Waals surface area (Å²) in [5, 5.41) is 9.00. The van der Waals surface area contributed by atoms with E-state index in [-0.39, 0.29) is 23.4 Å². The molecule has 0 aromatic carbocycles. The maximum absolute atomic E-state index is 12.0. The lowest BCUT2D eigenvalue weighted by Gasteiger charge is -2.11. The molecule has 0 saturated heterocycles. The van der Waals surface area contributed by atoms with Crippen LogP contribution in [0.4, 0.5) is 5.69 Å². The van der Waals surface area contributed by atoms with Gasteiger partial charge in [-0.2, -0.15) is 5.26 Å². The van der Waals surface area contributed by atoms with Gasteiger partial charge in [0, 0.05) is 6.20 Å². The summed E-state index contributed by atoms with van der Waals surface area (Å²) in [6, 6.07) is 6.60. The fourth-order valence-electron chi connectivity index (χ4n) is 1.85. The number of hydrogen-bond donors (Lipinski definition) is 1. The molecule has 0 fully saturated rings. The van der Waals surface area contributed by atoms with E-state index in [1.165, 1.54) is 10.6 Å². The van der Waals surface area contributed by atoms with Gasteiger partial charge in [0.05, 0.1) is 17.8 Å². The van der Waals surface area contributed by atoms with Crippen LogP contribution in [0, 0.1) is 11.3 Å². The van der Waals surface area contributed by atoms with E-state index in [4.69, 9.17) is 15.7 Å². The van der Waals surface area contributed by atoms with Crippen molar-refractivity contribution in [3.63, 3.8) is 0 Å². The van der Waals surface area contributed by atoms with Crippen LogP contribution in [0.15, 0.2) is 29.2 Å². The quantitative estimate of drug-likeness (QED) is 0.807. The van der Waals surface area contributed by atoms with Gasteiger partial charge in [0.25, 0.3) is 5.56 Å². The lowest BCUT2D eigenvalue weighted by Crippen LogP contribution is -2.23. The molecule has 2 N–H and O–H groups in total. The fraction of sp³-hybridized carbons (Fsp3) is 0.154. The SMILES string of the molecule is CCOC(=O)c1c(N)c(C#N)c(=O)n2ccccc12. The monoisotopic (exact) mass is 257 g/mol. The number of ether oxygens (including phenoxy) is 1. The van der Waals surface area contributed by atoms with Crippen LogP contribution in [0.1, 0.15) is 22.8 Å². The second kappa shape index (κ2) is 4.82. The highest BCUT2D eigenvalue weighted by Crippen LogP contribution is 2.20. The Balaban J connectivity index is 2.93. The van der Waals surface area contributed by atoms with Gasteiger partial charge in [0.15, 0.2) is 0 Å². The molecule has 0 atom stereocenters. The van der Waals surface area contributed by atoms with Crippen LogP contribution in [0.25, 0.3) is 5.52 Å². The Morgan fingerprint density at radius 2 is 2.26 bits per heavy atom. The molecular formula is C13H11N3O3. The molecule has 6 nitrogen and oxygen atoms in total. The average molecular weight is 257 g/mol. The Labute approximate surface area is 108 Å². The van der Waals surface area contributed by atoms with Crippen LogP contribution in [0.3, 0.4) is 0 Å². The van der Waals surface area contributed by atoms with Gasteiger partial charge in [0.2, 0.25) is 0 Å². The number of nitriles is 1. The molecule has 0 radical (unpaired) electrons. The van der Waals surface area contributed by atoms with E-state index in [2.05, 4.69) is 0 Å². The molecule has 19 heavy (non-hydrogen) atoms. The first-order valence-corrected chi connectivity index (χ1v) is 5.61. The number of nitrogens with zero attached hydrogens (tertiary/aromatic N) is 2. The molecule has 0 aliphatic heterocycles. The van der Waals surface area contributed by atoms with E-state index in [1.54, 1.807) is 31.2 Å². The number of carbonyl (C=O) groups excluding carboxylic acids is 1. The Kier molecular flexibility index (Phi) is 3.21. The Morgan fingerprint density at radius 3 is 2.89 bits per heavy atom.